The highest BCUT2D eigenvalue weighted by Crippen LogP contribution is 2.30. The SMILES string of the molecule is Nc1c(F)cccc1-c1ccc(Cl)cc1F. The zero-order valence-corrected chi connectivity index (χ0v) is 8.93. The first-order valence-electron chi connectivity index (χ1n) is 4.59. The summed E-state index contributed by atoms with van der Waals surface area (Å²) in [5.74, 6) is -1.09. The normalized spacial score (nSPS) is 10.4. The summed E-state index contributed by atoms with van der Waals surface area (Å²) in [6, 6.07) is 8.45. The number of halogens is 3. The first-order valence-corrected chi connectivity index (χ1v) is 4.97. The summed E-state index contributed by atoms with van der Waals surface area (Å²) >= 11 is 5.63. The Morgan fingerprint density at radius 3 is 2.38 bits per heavy atom. The fourth-order valence-electron chi connectivity index (χ4n) is 1.48. The minimum Gasteiger partial charge on any atom is -0.396 e. The molecule has 0 amide bonds. The topological polar surface area (TPSA) is 26.0 Å². The third-order valence-corrected chi connectivity index (χ3v) is 2.51. The van der Waals surface area contributed by atoms with Gasteiger partial charge in [-0.3, -0.25) is 0 Å². The molecule has 2 aromatic rings. The summed E-state index contributed by atoms with van der Waals surface area (Å²) in [4.78, 5) is 0. The van der Waals surface area contributed by atoms with Crippen molar-refractivity contribution < 1.29 is 8.78 Å². The number of anilines is 1. The van der Waals surface area contributed by atoms with Crippen LogP contribution in [0.25, 0.3) is 11.1 Å². The van der Waals surface area contributed by atoms with Crippen LogP contribution in [0.4, 0.5) is 14.5 Å². The Hall–Kier alpha value is -1.61. The lowest BCUT2D eigenvalue weighted by atomic mass is 10.0. The fraction of sp³-hybridized carbons (Fsp3) is 0. The molecule has 1 nitrogen and oxygen atoms in total. The molecule has 0 bridgehead atoms. The summed E-state index contributed by atoms with van der Waals surface area (Å²) in [6.07, 6.45) is 0. The maximum atomic E-state index is 13.6. The van der Waals surface area contributed by atoms with Gasteiger partial charge in [-0.1, -0.05) is 23.7 Å². The first kappa shape index (κ1) is 10.9. The van der Waals surface area contributed by atoms with Gasteiger partial charge in [-0.25, -0.2) is 8.78 Å². The molecule has 0 unspecified atom stereocenters. The third-order valence-electron chi connectivity index (χ3n) is 2.27. The Balaban J connectivity index is 2.63. The van der Waals surface area contributed by atoms with E-state index in [1.54, 1.807) is 6.07 Å². The van der Waals surface area contributed by atoms with Crippen LogP contribution in [0, 0.1) is 11.6 Å². The van der Waals surface area contributed by atoms with E-state index < -0.39 is 11.6 Å². The molecule has 0 aliphatic carbocycles. The molecule has 4 heteroatoms. The Bertz CT molecular complexity index is 541. The van der Waals surface area contributed by atoms with E-state index in [0.717, 1.165) is 0 Å². The molecule has 0 saturated heterocycles. The molecular weight excluding hydrogens is 232 g/mol. The summed E-state index contributed by atoms with van der Waals surface area (Å²) in [5.41, 5.74) is 6.05. The smallest absolute Gasteiger partial charge is 0.146 e. The zero-order chi connectivity index (χ0) is 11.7. The van der Waals surface area contributed by atoms with Crippen molar-refractivity contribution in [1.82, 2.24) is 0 Å². The molecule has 0 aromatic heterocycles. The van der Waals surface area contributed by atoms with Crippen LogP contribution in [0.5, 0.6) is 0 Å². The largest absolute Gasteiger partial charge is 0.396 e. The Labute approximate surface area is 96.5 Å². The van der Waals surface area contributed by atoms with Gasteiger partial charge < -0.3 is 5.73 Å². The van der Waals surface area contributed by atoms with E-state index in [1.165, 1.54) is 30.3 Å². The molecule has 82 valence electrons. The monoisotopic (exact) mass is 239 g/mol. The molecule has 0 saturated carbocycles. The number of para-hydroxylation sites is 1. The second-order valence-corrected chi connectivity index (χ2v) is 3.76. The minimum atomic E-state index is -0.563. The molecule has 0 atom stereocenters. The lowest BCUT2D eigenvalue weighted by Gasteiger charge is -2.07. The van der Waals surface area contributed by atoms with Crippen molar-refractivity contribution >= 4 is 17.3 Å². The summed E-state index contributed by atoms with van der Waals surface area (Å²) < 4.78 is 26.8. The van der Waals surface area contributed by atoms with E-state index >= 15 is 0 Å². The Morgan fingerprint density at radius 2 is 1.69 bits per heavy atom. The fourth-order valence-corrected chi connectivity index (χ4v) is 1.64. The molecule has 0 aliphatic heterocycles. The van der Waals surface area contributed by atoms with E-state index in [0.29, 0.717) is 5.56 Å². The van der Waals surface area contributed by atoms with Gasteiger partial charge in [0, 0.05) is 16.1 Å². The highest BCUT2D eigenvalue weighted by Gasteiger charge is 2.11. The number of hydrogen-bond acceptors (Lipinski definition) is 1. The standard InChI is InChI=1S/C12H8ClF2N/c13-7-4-5-8(11(15)6-7)9-2-1-3-10(14)12(9)16/h1-6H,16H2. The van der Waals surface area contributed by atoms with Gasteiger partial charge >= 0.3 is 0 Å². The molecule has 0 aliphatic rings. The van der Waals surface area contributed by atoms with Crippen LogP contribution in [0.2, 0.25) is 5.02 Å². The van der Waals surface area contributed by atoms with Gasteiger partial charge in [0.2, 0.25) is 0 Å². The molecule has 0 spiro atoms. The highest BCUT2D eigenvalue weighted by atomic mass is 35.5. The molecule has 2 rings (SSSR count). The van der Waals surface area contributed by atoms with E-state index in [4.69, 9.17) is 17.3 Å². The van der Waals surface area contributed by atoms with Crippen molar-refractivity contribution in [2.24, 2.45) is 0 Å². The van der Waals surface area contributed by atoms with Crippen LogP contribution in [0.3, 0.4) is 0 Å². The molecule has 0 fully saturated rings. The molecular formula is C12H8ClF2N. The van der Waals surface area contributed by atoms with Crippen molar-refractivity contribution in [3.63, 3.8) is 0 Å². The summed E-state index contributed by atoms with van der Waals surface area (Å²) in [5, 5.41) is 0.288. The molecule has 2 N–H and O–H groups in total. The maximum absolute atomic E-state index is 13.6. The maximum Gasteiger partial charge on any atom is 0.146 e. The van der Waals surface area contributed by atoms with Crippen molar-refractivity contribution in [3.05, 3.63) is 53.1 Å². The van der Waals surface area contributed by atoms with Crippen molar-refractivity contribution in [2.75, 3.05) is 5.73 Å². The minimum absolute atomic E-state index is 0.0660. The summed E-state index contributed by atoms with van der Waals surface area (Å²) in [6.45, 7) is 0. The highest BCUT2D eigenvalue weighted by molar-refractivity contribution is 6.30. The predicted octanol–water partition coefficient (Wildman–Crippen LogP) is 3.87. The van der Waals surface area contributed by atoms with Crippen LogP contribution in [-0.2, 0) is 0 Å². The number of hydrogen-bond donors (Lipinski definition) is 1. The van der Waals surface area contributed by atoms with Crippen molar-refractivity contribution in [3.8, 4) is 11.1 Å². The third kappa shape index (κ3) is 1.86. The molecule has 0 radical (unpaired) electrons. The second-order valence-electron chi connectivity index (χ2n) is 3.33. The van der Waals surface area contributed by atoms with E-state index in [9.17, 15) is 8.78 Å². The van der Waals surface area contributed by atoms with E-state index in [1.807, 2.05) is 0 Å². The van der Waals surface area contributed by atoms with Crippen LogP contribution in [-0.4, -0.2) is 0 Å². The van der Waals surface area contributed by atoms with Gasteiger partial charge in [-0.2, -0.15) is 0 Å². The lowest BCUT2D eigenvalue weighted by Crippen LogP contribution is -1.95. The average Bonchev–Trinajstić information content (AvgIpc) is 2.23. The second kappa shape index (κ2) is 4.10. The quantitative estimate of drug-likeness (QED) is 0.751. The van der Waals surface area contributed by atoms with Gasteiger partial charge in [-0.15, -0.1) is 0 Å². The van der Waals surface area contributed by atoms with Crippen LogP contribution < -0.4 is 5.73 Å². The predicted molar refractivity (Wildman–Crippen MR) is 61.2 cm³/mol. The van der Waals surface area contributed by atoms with E-state index in [2.05, 4.69) is 0 Å². The summed E-state index contributed by atoms with van der Waals surface area (Å²) in [7, 11) is 0. The molecule has 0 heterocycles. The number of nitrogens with two attached hydrogens (primary N) is 1. The van der Waals surface area contributed by atoms with Gasteiger partial charge in [0.05, 0.1) is 5.69 Å². The average molecular weight is 240 g/mol. The van der Waals surface area contributed by atoms with Crippen LogP contribution in [0.1, 0.15) is 0 Å². The number of nitrogen functional groups attached to an aromatic ring is 1. The Morgan fingerprint density at radius 1 is 0.938 bits per heavy atom. The van der Waals surface area contributed by atoms with Crippen molar-refractivity contribution in [2.45, 2.75) is 0 Å². The van der Waals surface area contributed by atoms with Crippen LogP contribution in [0.15, 0.2) is 36.4 Å². The Kier molecular flexibility index (Phi) is 2.79. The molecule has 16 heavy (non-hydrogen) atoms. The van der Waals surface area contributed by atoms with Crippen molar-refractivity contribution in [1.29, 1.82) is 0 Å². The van der Waals surface area contributed by atoms with Crippen LogP contribution >= 0.6 is 11.6 Å². The van der Waals surface area contributed by atoms with Gasteiger partial charge in [0.1, 0.15) is 11.6 Å². The first-order chi connectivity index (χ1) is 7.59. The van der Waals surface area contributed by atoms with Gasteiger partial charge in [-0.05, 0) is 24.3 Å². The van der Waals surface area contributed by atoms with Gasteiger partial charge in [0.25, 0.3) is 0 Å². The molecule has 2 aromatic carbocycles. The number of benzene rings is 2. The van der Waals surface area contributed by atoms with Gasteiger partial charge in [0.15, 0.2) is 0 Å². The lowest BCUT2D eigenvalue weighted by molar-refractivity contribution is 0.627. The number of rotatable bonds is 1. The zero-order valence-electron chi connectivity index (χ0n) is 8.18. The van der Waals surface area contributed by atoms with E-state index in [-0.39, 0.29) is 16.3 Å².